The SMILES string of the molecule is COC(=O)c1cnc(=S)[nH]c1C. The van der Waals surface area contributed by atoms with Crippen molar-refractivity contribution in [1.82, 2.24) is 9.97 Å². The van der Waals surface area contributed by atoms with Crippen molar-refractivity contribution >= 4 is 18.2 Å². The molecule has 1 aromatic rings. The maximum atomic E-state index is 11.0. The van der Waals surface area contributed by atoms with E-state index in [-0.39, 0.29) is 0 Å². The van der Waals surface area contributed by atoms with Gasteiger partial charge < -0.3 is 9.72 Å². The van der Waals surface area contributed by atoms with Crippen LogP contribution in [0.4, 0.5) is 0 Å². The van der Waals surface area contributed by atoms with Crippen LogP contribution in [0.2, 0.25) is 0 Å². The number of hydrogen-bond donors (Lipinski definition) is 1. The van der Waals surface area contributed by atoms with Crippen LogP contribution in [0.1, 0.15) is 16.1 Å². The number of nitrogens with zero attached hydrogens (tertiary/aromatic N) is 1. The molecule has 0 saturated carbocycles. The summed E-state index contributed by atoms with van der Waals surface area (Å²) in [5, 5.41) is 0. The molecule has 1 aromatic heterocycles. The number of aromatic amines is 1. The van der Waals surface area contributed by atoms with Crippen LogP contribution in [0.25, 0.3) is 0 Å². The van der Waals surface area contributed by atoms with E-state index in [0.717, 1.165) is 0 Å². The van der Waals surface area contributed by atoms with E-state index in [4.69, 9.17) is 12.2 Å². The van der Waals surface area contributed by atoms with E-state index in [9.17, 15) is 4.79 Å². The maximum Gasteiger partial charge on any atom is 0.341 e. The summed E-state index contributed by atoms with van der Waals surface area (Å²) < 4.78 is 4.89. The van der Waals surface area contributed by atoms with Crippen molar-refractivity contribution < 1.29 is 9.53 Å². The number of carbonyl (C=O) groups is 1. The predicted octanol–water partition coefficient (Wildman–Crippen LogP) is 1.23. The van der Waals surface area contributed by atoms with E-state index in [2.05, 4.69) is 14.7 Å². The van der Waals surface area contributed by atoms with Gasteiger partial charge in [-0.1, -0.05) is 0 Å². The fraction of sp³-hybridized carbons (Fsp3) is 0.286. The molecule has 1 N–H and O–H groups in total. The number of hydrogen-bond acceptors (Lipinski definition) is 4. The predicted molar refractivity (Wildman–Crippen MR) is 45.5 cm³/mol. The van der Waals surface area contributed by atoms with E-state index in [1.54, 1.807) is 6.92 Å². The first-order chi connectivity index (χ1) is 5.65. The summed E-state index contributed by atoms with van der Waals surface area (Å²) >= 11 is 4.76. The van der Waals surface area contributed by atoms with Gasteiger partial charge in [-0.3, -0.25) is 0 Å². The number of rotatable bonds is 1. The first kappa shape index (κ1) is 8.86. The molecule has 0 spiro atoms. The highest BCUT2D eigenvalue weighted by Crippen LogP contribution is 2.03. The molecule has 5 heteroatoms. The van der Waals surface area contributed by atoms with E-state index in [0.29, 0.717) is 16.0 Å². The van der Waals surface area contributed by atoms with Crippen molar-refractivity contribution in [3.63, 3.8) is 0 Å². The number of aryl methyl sites for hydroxylation is 1. The smallest absolute Gasteiger partial charge is 0.341 e. The Morgan fingerprint density at radius 1 is 1.75 bits per heavy atom. The number of carbonyl (C=O) groups excluding carboxylic acids is 1. The Balaban J connectivity index is 3.18. The molecule has 12 heavy (non-hydrogen) atoms. The normalized spacial score (nSPS) is 9.50. The molecular weight excluding hydrogens is 176 g/mol. The molecule has 0 aromatic carbocycles. The van der Waals surface area contributed by atoms with Gasteiger partial charge >= 0.3 is 5.97 Å². The minimum atomic E-state index is -0.411. The molecule has 0 amide bonds. The Morgan fingerprint density at radius 2 is 2.42 bits per heavy atom. The van der Waals surface area contributed by atoms with Crippen LogP contribution in [-0.2, 0) is 4.74 Å². The molecule has 1 heterocycles. The summed E-state index contributed by atoms with van der Waals surface area (Å²) in [4.78, 5) is 17.6. The van der Waals surface area contributed by atoms with Crippen LogP contribution in [0, 0.1) is 11.7 Å². The van der Waals surface area contributed by atoms with Crippen LogP contribution in [-0.4, -0.2) is 23.0 Å². The molecule has 0 fully saturated rings. The average molecular weight is 184 g/mol. The quantitative estimate of drug-likeness (QED) is 0.527. The van der Waals surface area contributed by atoms with Crippen molar-refractivity contribution in [1.29, 1.82) is 0 Å². The van der Waals surface area contributed by atoms with Crippen LogP contribution >= 0.6 is 12.2 Å². The van der Waals surface area contributed by atoms with Crippen LogP contribution in [0.5, 0.6) is 0 Å². The third kappa shape index (κ3) is 1.68. The number of methoxy groups -OCH3 is 1. The van der Waals surface area contributed by atoms with Gasteiger partial charge in [0.2, 0.25) is 0 Å². The summed E-state index contributed by atoms with van der Waals surface area (Å²) in [5.41, 5.74) is 1.08. The first-order valence-corrected chi connectivity index (χ1v) is 3.70. The Kier molecular flexibility index (Phi) is 2.54. The summed E-state index contributed by atoms with van der Waals surface area (Å²) in [5.74, 6) is -0.411. The van der Waals surface area contributed by atoms with Crippen molar-refractivity contribution in [2.45, 2.75) is 6.92 Å². The van der Waals surface area contributed by atoms with Gasteiger partial charge in [-0.25, -0.2) is 9.78 Å². The molecule has 4 nitrogen and oxygen atoms in total. The lowest BCUT2D eigenvalue weighted by Gasteiger charge is -2.01. The number of ether oxygens (including phenoxy) is 1. The van der Waals surface area contributed by atoms with Gasteiger partial charge in [-0.2, -0.15) is 0 Å². The standard InChI is InChI=1S/C7H8N2O2S/c1-4-5(6(10)11-2)3-8-7(12)9-4/h3H,1-2H3,(H,8,9,12). The molecule has 0 aliphatic carbocycles. The minimum Gasteiger partial charge on any atom is -0.465 e. The van der Waals surface area contributed by atoms with Gasteiger partial charge in [0.15, 0.2) is 4.77 Å². The zero-order chi connectivity index (χ0) is 9.14. The summed E-state index contributed by atoms with van der Waals surface area (Å²) in [6.45, 7) is 1.74. The third-order valence-electron chi connectivity index (χ3n) is 1.41. The van der Waals surface area contributed by atoms with Gasteiger partial charge in [0, 0.05) is 11.9 Å². The molecule has 0 aliphatic heterocycles. The molecule has 0 unspecified atom stereocenters. The number of aromatic nitrogens is 2. The highest BCUT2D eigenvalue weighted by molar-refractivity contribution is 7.71. The van der Waals surface area contributed by atoms with Crippen molar-refractivity contribution in [2.24, 2.45) is 0 Å². The number of esters is 1. The van der Waals surface area contributed by atoms with Crippen LogP contribution < -0.4 is 0 Å². The van der Waals surface area contributed by atoms with Gasteiger partial charge in [-0.05, 0) is 19.1 Å². The molecule has 0 aliphatic rings. The van der Waals surface area contributed by atoms with E-state index < -0.39 is 5.97 Å². The molecule has 1 rings (SSSR count). The lowest BCUT2D eigenvalue weighted by atomic mass is 10.2. The highest BCUT2D eigenvalue weighted by atomic mass is 32.1. The maximum absolute atomic E-state index is 11.0. The molecule has 0 radical (unpaired) electrons. The second-order valence-corrected chi connectivity index (χ2v) is 2.61. The number of H-pyrrole nitrogens is 1. The van der Waals surface area contributed by atoms with E-state index in [1.165, 1.54) is 13.3 Å². The molecule has 0 saturated heterocycles. The van der Waals surface area contributed by atoms with Gasteiger partial charge in [-0.15, -0.1) is 0 Å². The van der Waals surface area contributed by atoms with Crippen molar-refractivity contribution in [3.8, 4) is 0 Å². The molecule has 0 atom stereocenters. The van der Waals surface area contributed by atoms with Crippen LogP contribution in [0.3, 0.4) is 0 Å². The molecule has 0 bridgehead atoms. The summed E-state index contributed by atoms with van der Waals surface area (Å²) in [7, 11) is 1.32. The lowest BCUT2D eigenvalue weighted by Crippen LogP contribution is -2.06. The minimum absolute atomic E-state index is 0.361. The Labute approximate surface area is 74.6 Å². The monoisotopic (exact) mass is 184 g/mol. The second-order valence-electron chi connectivity index (χ2n) is 2.22. The molecular formula is C7H8N2O2S. The Hall–Kier alpha value is -1.23. The van der Waals surface area contributed by atoms with Gasteiger partial charge in [0.05, 0.1) is 12.7 Å². The highest BCUT2D eigenvalue weighted by Gasteiger charge is 2.08. The fourth-order valence-electron chi connectivity index (χ4n) is 0.796. The zero-order valence-corrected chi connectivity index (χ0v) is 7.57. The average Bonchev–Trinajstić information content (AvgIpc) is 2.03. The lowest BCUT2D eigenvalue weighted by molar-refractivity contribution is 0.0599. The largest absolute Gasteiger partial charge is 0.465 e. The zero-order valence-electron chi connectivity index (χ0n) is 6.75. The molecule has 64 valence electrons. The Morgan fingerprint density at radius 3 is 2.92 bits per heavy atom. The Bertz CT molecular complexity index is 359. The van der Waals surface area contributed by atoms with E-state index >= 15 is 0 Å². The second kappa shape index (κ2) is 3.44. The van der Waals surface area contributed by atoms with Crippen LogP contribution in [0.15, 0.2) is 6.20 Å². The summed E-state index contributed by atoms with van der Waals surface area (Å²) in [6, 6.07) is 0. The van der Waals surface area contributed by atoms with Gasteiger partial charge in [0.25, 0.3) is 0 Å². The first-order valence-electron chi connectivity index (χ1n) is 3.29. The third-order valence-corrected chi connectivity index (χ3v) is 1.62. The van der Waals surface area contributed by atoms with Gasteiger partial charge in [0.1, 0.15) is 0 Å². The van der Waals surface area contributed by atoms with Crippen molar-refractivity contribution in [3.05, 3.63) is 22.2 Å². The summed E-state index contributed by atoms with van der Waals surface area (Å²) in [6.07, 6.45) is 1.40. The number of nitrogens with one attached hydrogen (secondary N) is 1. The van der Waals surface area contributed by atoms with E-state index in [1.807, 2.05) is 0 Å². The van der Waals surface area contributed by atoms with Crippen molar-refractivity contribution in [2.75, 3.05) is 7.11 Å². The fourth-order valence-corrected chi connectivity index (χ4v) is 1.00. The topological polar surface area (TPSA) is 55.0 Å².